The number of thioether (sulfide) groups is 1. The molecule has 0 aliphatic heterocycles. The van der Waals surface area contributed by atoms with E-state index in [9.17, 15) is 15.0 Å². The lowest BCUT2D eigenvalue weighted by atomic mass is 9.55. The van der Waals surface area contributed by atoms with Crippen molar-refractivity contribution in [2.75, 3.05) is 5.75 Å². The molecule has 142 valence electrons. The smallest absolute Gasteiger partial charge is 0.304 e. The molecule has 0 heterocycles. The number of rotatable bonds is 4. The highest BCUT2D eigenvalue weighted by Crippen LogP contribution is 2.62. The highest BCUT2D eigenvalue weighted by atomic mass is 32.2. The molecule has 26 heavy (non-hydrogen) atoms. The quantitative estimate of drug-likeness (QED) is 0.745. The summed E-state index contributed by atoms with van der Waals surface area (Å²) < 4.78 is 0. The van der Waals surface area contributed by atoms with E-state index >= 15 is 0 Å². The van der Waals surface area contributed by atoms with Crippen LogP contribution in [0.4, 0.5) is 0 Å². The molecule has 4 rings (SSSR count). The van der Waals surface area contributed by atoms with Crippen LogP contribution in [0.15, 0.2) is 18.2 Å². The van der Waals surface area contributed by atoms with Gasteiger partial charge in [-0.25, -0.2) is 0 Å². The van der Waals surface area contributed by atoms with Gasteiger partial charge in [-0.15, -0.1) is 0 Å². The molecule has 2 fully saturated rings. The van der Waals surface area contributed by atoms with Crippen LogP contribution < -0.4 is 0 Å². The lowest BCUT2D eigenvalue weighted by molar-refractivity contribution is -0.136. The van der Waals surface area contributed by atoms with E-state index < -0.39 is 5.97 Å². The Bertz CT molecular complexity index is 705. The van der Waals surface area contributed by atoms with E-state index in [-0.39, 0.29) is 17.9 Å². The third-order valence-corrected chi connectivity index (χ3v) is 8.66. The molecule has 3 aliphatic rings. The second kappa shape index (κ2) is 6.75. The van der Waals surface area contributed by atoms with Crippen molar-refractivity contribution in [2.45, 2.75) is 62.7 Å². The van der Waals surface area contributed by atoms with Crippen molar-refractivity contribution in [2.24, 2.45) is 17.3 Å². The SMILES string of the molecule is C[C@]12CC[C@@H]3c4ccc(O)cc4CC(SCCC(=O)O)[C@H]3[C@@H]1CC[C@@H]2O. The standard InChI is InChI=1S/C21H28O4S/c1-21-8-6-15-14-3-2-13(22)10-12(14)11-17(26-9-7-19(24)25)20(15)16(21)4-5-18(21)23/h2-3,10,15-18,20,22-23H,4-9,11H2,1H3,(H,24,25)/t15-,16+,17?,18+,20-,21+/m1/s1. The predicted molar refractivity (Wildman–Crippen MR) is 103 cm³/mol. The summed E-state index contributed by atoms with van der Waals surface area (Å²) >= 11 is 1.79. The fraction of sp³-hybridized carbons (Fsp3) is 0.667. The van der Waals surface area contributed by atoms with Crippen molar-refractivity contribution in [3.05, 3.63) is 29.3 Å². The van der Waals surface area contributed by atoms with Gasteiger partial charge in [0.15, 0.2) is 0 Å². The number of aliphatic hydroxyl groups is 1. The van der Waals surface area contributed by atoms with Gasteiger partial charge in [0, 0.05) is 11.0 Å². The number of aliphatic hydroxyl groups excluding tert-OH is 1. The Balaban J connectivity index is 1.67. The van der Waals surface area contributed by atoms with E-state index in [0.717, 1.165) is 32.1 Å². The minimum absolute atomic E-state index is 0.00119. The fourth-order valence-corrected chi connectivity index (χ4v) is 7.49. The number of hydrogen-bond acceptors (Lipinski definition) is 4. The van der Waals surface area contributed by atoms with Crippen molar-refractivity contribution >= 4 is 17.7 Å². The zero-order valence-electron chi connectivity index (χ0n) is 15.2. The molecule has 4 nitrogen and oxygen atoms in total. The number of carbonyl (C=O) groups is 1. The lowest BCUT2D eigenvalue weighted by Crippen LogP contribution is -2.48. The van der Waals surface area contributed by atoms with Gasteiger partial charge in [-0.3, -0.25) is 4.79 Å². The van der Waals surface area contributed by atoms with E-state index in [1.165, 1.54) is 11.1 Å². The molecule has 5 heteroatoms. The molecular formula is C21H28O4S. The molecule has 0 aromatic heterocycles. The number of phenols is 1. The van der Waals surface area contributed by atoms with Crippen LogP contribution >= 0.6 is 11.8 Å². The van der Waals surface area contributed by atoms with E-state index in [2.05, 4.69) is 13.0 Å². The number of aromatic hydroxyl groups is 1. The number of hydrogen-bond donors (Lipinski definition) is 3. The van der Waals surface area contributed by atoms with Crippen molar-refractivity contribution in [1.82, 2.24) is 0 Å². The average Bonchev–Trinajstić information content (AvgIpc) is 2.89. The van der Waals surface area contributed by atoms with E-state index in [1.54, 1.807) is 17.8 Å². The third kappa shape index (κ3) is 2.93. The average molecular weight is 377 g/mol. The largest absolute Gasteiger partial charge is 0.508 e. The highest BCUT2D eigenvalue weighted by molar-refractivity contribution is 7.99. The van der Waals surface area contributed by atoms with Crippen molar-refractivity contribution in [1.29, 1.82) is 0 Å². The lowest BCUT2D eigenvalue weighted by Gasteiger charge is -2.52. The zero-order valence-corrected chi connectivity index (χ0v) is 16.0. The summed E-state index contributed by atoms with van der Waals surface area (Å²) in [5.41, 5.74) is 2.59. The highest BCUT2D eigenvalue weighted by Gasteiger charge is 2.56. The minimum Gasteiger partial charge on any atom is -0.508 e. The molecule has 0 bridgehead atoms. The Morgan fingerprint density at radius 3 is 2.88 bits per heavy atom. The molecule has 1 aromatic carbocycles. The van der Waals surface area contributed by atoms with Gasteiger partial charge in [0.1, 0.15) is 5.75 Å². The molecule has 2 saturated carbocycles. The van der Waals surface area contributed by atoms with Crippen molar-refractivity contribution < 1.29 is 20.1 Å². The molecule has 3 aliphatic carbocycles. The molecular weight excluding hydrogens is 348 g/mol. The first kappa shape index (κ1) is 18.2. The van der Waals surface area contributed by atoms with Crippen LogP contribution in [0, 0.1) is 17.3 Å². The summed E-state index contributed by atoms with van der Waals surface area (Å²) in [4.78, 5) is 11.0. The molecule has 3 N–H and O–H groups in total. The summed E-state index contributed by atoms with van der Waals surface area (Å²) in [6.07, 6.45) is 4.95. The number of aliphatic carboxylic acids is 1. The first-order valence-electron chi connectivity index (χ1n) is 9.73. The Labute approximate surface area is 159 Å². The Morgan fingerprint density at radius 2 is 2.12 bits per heavy atom. The second-order valence-corrected chi connectivity index (χ2v) is 9.92. The normalized spacial score (nSPS) is 38.3. The molecule has 1 unspecified atom stereocenters. The van der Waals surface area contributed by atoms with Gasteiger partial charge in [0.25, 0.3) is 0 Å². The fourth-order valence-electron chi connectivity index (χ4n) is 6.00. The Kier molecular flexibility index (Phi) is 4.72. The van der Waals surface area contributed by atoms with E-state index in [4.69, 9.17) is 5.11 Å². The summed E-state index contributed by atoms with van der Waals surface area (Å²) in [5.74, 6) is 1.65. The van der Waals surface area contributed by atoms with Gasteiger partial charge in [-0.05, 0) is 78.5 Å². The maximum Gasteiger partial charge on any atom is 0.304 e. The van der Waals surface area contributed by atoms with Crippen LogP contribution in [0.2, 0.25) is 0 Å². The summed E-state index contributed by atoms with van der Waals surface area (Å²) in [6.45, 7) is 2.26. The van der Waals surface area contributed by atoms with Crippen LogP contribution in [0.1, 0.15) is 56.1 Å². The minimum atomic E-state index is -0.743. The molecule has 0 radical (unpaired) electrons. The van der Waals surface area contributed by atoms with Gasteiger partial charge in [-0.1, -0.05) is 13.0 Å². The van der Waals surface area contributed by atoms with E-state index in [1.807, 2.05) is 6.07 Å². The molecule has 0 amide bonds. The van der Waals surface area contributed by atoms with Gasteiger partial charge in [-0.2, -0.15) is 11.8 Å². The van der Waals surface area contributed by atoms with Crippen LogP contribution in [-0.4, -0.2) is 38.4 Å². The van der Waals surface area contributed by atoms with Crippen LogP contribution in [0.25, 0.3) is 0 Å². The zero-order chi connectivity index (χ0) is 18.5. The monoisotopic (exact) mass is 376 g/mol. The van der Waals surface area contributed by atoms with Crippen molar-refractivity contribution in [3.63, 3.8) is 0 Å². The number of carboxylic acids is 1. The maximum atomic E-state index is 11.0. The van der Waals surface area contributed by atoms with Gasteiger partial charge in [0.05, 0.1) is 12.5 Å². The first-order chi connectivity index (χ1) is 12.4. The molecule has 1 aromatic rings. The van der Waals surface area contributed by atoms with E-state index in [0.29, 0.717) is 34.5 Å². The van der Waals surface area contributed by atoms with Gasteiger partial charge >= 0.3 is 5.97 Å². The molecule has 0 saturated heterocycles. The first-order valence-corrected chi connectivity index (χ1v) is 10.8. The van der Waals surface area contributed by atoms with Gasteiger partial charge < -0.3 is 15.3 Å². The second-order valence-electron chi connectivity index (χ2n) is 8.57. The summed E-state index contributed by atoms with van der Waals surface area (Å²) in [5, 5.41) is 29.9. The number of fused-ring (bicyclic) bond motifs is 5. The predicted octanol–water partition coefficient (Wildman–Crippen LogP) is 3.80. The van der Waals surface area contributed by atoms with Crippen molar-refractivity contribution in [3.8, 4) is 5.75 Å². The Hall–Kier alpha value is -1.20. The maximum absolute atomic E-state index is 11.0. The summed E-state index contributed by atoms with van der Waals surface area (Å²) in [7, 11) is 0. The number of phenolic OH excluding ortho intramolecular Hbond substituents is 1. The number of benzene rings is 1. The van der Waals surface area contributed by atoms with Crippen LogP contribution in [0.5, 0.6) is 5.75 Å². The van der Waals surface area contributed by atoms with Crippen LogP contribution in [0.3, 0.4) is 0 Å². The molecule has 6 atom stereocenters. The third-order valence-electron chi connectivity index (χ3n) is 7.31. The van der Waals surface area contributed by atoms with Crippen LogP contribution in [-0.2, 0) is 11.2 Å². The molecule has 0 spiro atoms. The topological polar surface area (TPSA) is 77.8 Å². The number of carboxylic acid groups (broad SMARTS) is 1. The summed E-state index contributed by atoms with van der Waals surface area (Å²) in [6, 6.07) is 5.78. The Morgan fingerprint density at radius 1 is 1.31 bits per heavy atom. The van der Waals surface area contributed by atoms with Gasteiger partial charge in [0.2, 0.25) is 0 Å².